The summed E-state index contributed by atoms with van der Waals surface area (Å²) in [7, 11) is 0. The molecule has 0 N–H and O–H groups in total. The molecule has 1 atom stereocenters. The number of carbonyl (C=O) groups excluding carboxylic acids is 1. The van der Waals surface area contributed by atoms with Gasteiger partial charge in [-0.1, -0.05) is 84.0 Å². The molecule has 1 heterocycles. The Kier molecular flexibility index (Phi) is 14.2. The van der Waals surface area contributed by atoms with Crippen molar-refractivity contribution >= 4 is 5.97 Å². The van der Waals surface area contributed by atoms with E-state index in [0.29, 0.717) is 26.2 Å². The average Bonchev–Trinajstić information content (AvgIpc) is 2.60. The highest BCUT2D eigenvalue weighted by Gasteiger charge is 2.18. The van der Waals surface area contributed by atoms with Crippen molar-refractivity contribution in [3.05, 3.63) is 0 Å². The first-order chi connectivity index (χ1) is 11.8. The van der Waals surface area contributed by atoms with Gasteiger partial charge in [0.1, 0.15) is 6.61 Å². The van der Waals surface area contributed by atoms with Crippen molar-refractivity contribution in [3.8, 4) is 0 Å². The van der Waals surface area contributed by atoms with Crippen LogP contribution >= 0.6 is 0 Å². The van der Waals surface area contributed by atoms with Crippen molar-refractivity contribution in [1.29, 1.82) is 0 Å². The van der Waals surface area contributed by atoms with Crippen LogP contribution in [0.25, 0.3) is 0 Å². The summed E-state index contributed by atoms with van der Waals surface area (Å²) in [5, 5.41) is 0. The number of hydrogen-bond acceptors (Lipinski definition) is 4. The molecule has 0 radical (unpaired) electrons. The number of unbranched alkanes of at least 4 members (excludes halogenated alkanes) is 12. The minimum atomic E-state index is -0.492. The fourth-order valence-corrected chi connectivity index (χ4v) is 3.03. The summed E-state index contributed by atoms with van der Waals surface area (Å²) < 4.78 is 15.7. The molecule has 0 aromatic heterocycles. The van der Waals surface area contributed by atoms with Gasteiger partial charge >= 0.3 is 5.97 Å². The number of ether oxygens (including phenoxy) is 3. The fraction of sp³-hybridized carbons (Fsp3) is 0.950. The van der Waals surface area contributed by atoms with Crippen LogP contribution in [0.5, 0.6) is 0 Å². The zero-order valence-electron chi connectivity index (χ0n) is 15.7. The van der Waals surface area contributed by atoms with E-state index in [0.717, 1.165) is 12.8 Å². The van der Waals surface area contributed by atoms with Crippen LogP contribution in [0.4, 0.5) is 0 Å². The van der Waals surface area contributed by atoms with E-state index >= 15 is 0 Å². The zero-order valence-corrected chi connectivity index (χ0v) is 15.7. The minimum absolute atomic E-state index is 0.159. The third-order valence-electron chi connectivity index (χ3n) is 4.53. The Morgan fingerprint density at radius 3 is 1.88 bits per heavy atom. The molecule has 4 heteroatoms. The van der Waals surface area contributed by atoms with Gasteiger partial charge in [0.05, 0.1) is 13.2 Å². The quantitative estimate of drug-likeness (QED) is 0.296. The molecule has 0 amide bonds. The highest BCUT2D eigenvalue weighted by molar-refractivity contribution is 5.69. The predicted octanol–water partition coefficient (Wildman–Crippen LogP) is 5.38. The molecule has 24 heavy (non-hydrogen) atoms. The zero-order chi connectivity index (χ0) is 17.3. The molecular formula is C20H38O4. The van der Waals surface area contributed by atoms with Crippen molar-refractivity contribution in [2.75, 3.05) is 19.8 Å². The second kappa shape index (κ2) is 15.9. The third-order valence-corrected chi connectivity index (χ3v) is 4.53. The minimum Gasteiger partial charge on any atom is -0.433 e. The maximum Gasteiger partial charge on any atom is 0.308 e. The van der Waals surface area contributed by atoms with Crippen LogP contribution < -0.4 is 0 Å². The van der Waals surface area contributed by atoms with Gasteiger partial charge in [-0.15, -0.1) is 0 Å². The molecule has 0 bridgehead atoms. The van der Waals surface area contributed by atoms with E-state index in [-0.39, 0.29) is 5.97 Å². The van der Waals surface area contributed by atoms with Crippen molar-refractivity contribution in [1.82, 2.24) is 0 Å². The van der Waals surface area contributed by atoms with E-state index in [2.05, 4.69) is 6.92 Å². The monoisotopic (exact) mass is 342 g/mol. The summed E-state index contributed by atoms with van der Waals surface area (Å²) in [6.07, 6.45) is 17.1. The summed E-state index contributed by atoms with van der Waals surface area (Å²) in [5.74, 6) is -0.159. The molecular weight excluding hydrogens is 304 g/mol. The molecule has 0 aromatic carbocycles. The Bertz CT molecular complexity index is 287. The van der Waals surface area contributed by atoms with Crippen LogP contribution in [0.3, 0.4) is 0 Å². The Balaban J connectivity index is 1.76. The van der Waals surface area contributed by atoms with Gasteiger partial charge in [-0.2, -0.15) is 0 Å². The van der Waals surface area contributed by atoms with Gasteiger partial charge in [-0.3, -0.25) is 4.79 Å². The van der Waals surface area contributed by atoms with E-state index in [1.807, 2.05) is 0 Å². The topological polar surface area (TPSA) is 44.8 Å². The van der Waals surface area contributed by atoms with Gasteiger partial charge in [-0.05, 0) is 6.42 Å². The SMILES string of the molecule is CCCCCCCCCCCCCCCC(=O)OC1COCCO1. The molecule has 0 saturated carbocycles. The van der Waals surface area contributed by atoms with Crippen LogP contribution in [-0.4, -0.2) is 32.1 Å². The van der Waals surface area contributed by atoms with Crippen LogP contribution in [0.15, 0.2) is 0 Å². The van der Waals surface area contributed by atoms with Gasteiger partial charge in [-0.25, -0.2) is 0 Å². The van der Waals surface area contributed by atoms with Gasteiger partial charge < -0.3 is 14.2 Å². The lowest BCUT2D eigenvalue weighted by Gasteiger charge is -2.22. The Morgan fingerprint density at radius 2 is 1.38 bits per heavy atom. The maximum absolute atomic E-state index is 11.7. The molecule has 1 rings (SSSR count). The first-order valence-electron chi connectivity index (χ1n) is 10.2. The first-order valence-corrected chi connectivity index (χ1v) is 10.2. The summed E-state index contributed by atoms with van der Waals surface area (Å²) in [4.78, 5) is 11.7. The van der Waals surface area contributed by atoms with Gasteiger partial charge in [0.25, 0.3) is 0 Å². The molecule has 0 aromatic rings. The highest BCUT2D eigenvalue weighted by atomic mass is 16.7. The molecule has 1 unspecified atom stereocenters. The van der Waals surface area contributed by atoms with Crippen LogP contribution in [-0.2, 0) is 19.0 Å². The van der Waals surface area contributed by atoms with Gasteiger partial charge in [0.2, 0.25) is 6.29 Å². The number of esters is 1. The summed E-state index contributed by atoms with van der Waals surface area (Å²) in [5.41, 5.74) is 0. The molecule has 1 aliphatic rings. The molecule has 0 spiro atoms. The van der Waals surface area contributed by atoms with E-state index in [1.165, 1.54) is 70.6 Å². The fourth-order valence-electron chi connectivity index (χ4n) is 3.03. The third kappa shape index (κ3) is 12.8. The van der Waals surface area contributed by atoms with Crippen molar-refractivity contribution < 1.29 is 19.0 Å². The van der Waals surface area contributed by atoms with E-state index in [1.54, 1.807) is 0 Å². The molecule has 1 fully saturated rings. The molecule has 1 saturated heterocycles. The Hall–Kier alpha value is -0.610. The van der Waals surface area contributed by atoms with Crippen LogP contribution in [0.2, 0.25) is 0 Å². The van der Waals surface area contributed by atoms with Crippen molar-refractivity contribution in [3.63, 3.8) is 0 Å². The average molecular weight is 343 g/mol. The lowest BCUT2D eigenvalue weighted by Crippen LogP contribution is -2.32. The first kappa shape index (κ1) is 21.4. The van der Waals surface area contributed by atoms with Crippen LogP contribution in [0.1, 0.15) is 96.8 Å². The summed E-state index contributed by atoms with van der Waals surface area (Å²) in [6, 6.07) is 0. The van der Waals surface area contributed by atoms with Crippen molar-refractivity contribution in [2.45, 2.75) is 103 Å². The Labute approximate surface area is 148 Å². The van der Waals surface area contributed by atoms with Gasteiger partial charge in [0, 0.05) is 6.42 Å². The Morgan fingerprint density at radius 1 is 0.833 bits per heavy atom. The molecule has 4 nitrogen and oxygen atoms in total. The standard InChI is InChI=1S/C20H38O4/c1-2-3-4-5-6-7-8-9-10-11-12-13-14-15-19(21)24-20-18-22-16-17-23-20/h20H,2-18H2,1H3. The van der Waals surface area contributed by atoms with E-state index in [9.17, 15) is 4.79 Å². The molecule has 142 valence electrons. The lowest BCUT2D eigenvalue weighted by atomic mass is 10.0. The molecule has 1 aliphatic heterocycles. The highest BCUT2D eigenvalue weighted by Crippen LogP contribution is 2.13. The lowest BCUT2D eigenvalue weighted by molar-refractivity contribution is -0.214. The second-order valence-electron chi connectivity index (χ2n) is 6.86. The second-order valence-corrected chi connectivity index (χ2v) is 6.86. The van der Waals surface area contributed by atoms with Gasteiger partial charge in [0.15, 0.2) is 0 Å². The largest absolute Gasteiger partial charge is 0.433 e. The summed E-state index contributed by atoms with van der Waals surface area (Å²) in [6.45, 7) is 3.73. The van der Waals surface area contributed by atoms with Crippen molar-refractivity contribution in [2.24, 2.45) is 0 Å². The smallest absolute Gasteiger partial charge is 0.308 e. The number of rotatable bonds is 15. The maximum atomic E-state index is 11.7. The van der Waals surface area contributed by atoms with E-state index < -0.39 is 6.29 Å². The van der Waals surface area contributed by atoms with E-state index in [4.69, 9.17) is 14.2 Å². The number of carbonyl (C=O) groups is 1. The van der Waals surface area contributed by atoms with Crippen LogP contribution in [0, 0.1) is 0 Å². The normalized spacial score (nSPS) is 17.8. The number of hydrogen-bond donors (Lipinski definition) is 0. The molecule has 0 aliphatic carbocycles. The summed E-state index contributed by atoms with van der Waals surface area (Å²) >= 11 is 0. The predicted molar refractivity (Wildman–Crippen MR) is 97.0 cm³/mol.